The van der Waals surface area contributed by atoms with Gasteiger partial charge < -0.3 is 15.0 Å². The van der Waals surface area contributed by atoms with Crippen molar-refractivity contribution in [3.05, 3.63) is 17.5 Å². The molecule has 5 nitrogen and oxygen atoms in total. The molecule has 3 heterocycles. The molecule has 2 bridgehead atoms. The molecule has 0 amide bonds. The van der Waals surface area contributed by atoms with E-state index in [-0.39, 0.29) is 0 Å². The molecule has 2 aliphatic heterocycles. The third-order valence-electron chi connectivity index (χ3n) is 4.55. The molecule has 0 aromatic carbocycles. The number of hydrogen-bond donors (Lipinski definition) is 1. The number of rotatable bonds is 4. The Hall–Kier alpha value is -1.20. The predicted octanol–water partition coefficient (Wildman–Crippen LogP) is 1.40. The van der Waals surface area contributed by atoms with Crippen molar-refractivity contribution in [1.29, 1.82) is 0 Å². The highest BCUT2D eigenvalue weighted by atomic mass is 16.5. The normalized spacial score (nSPS) is 28.9. The van der Waals surface area contributed by atoms with E-state index < -0.39 is 0 Å². The molecule has 2 unspecified atom stereocenters. The molecular formula is C15H22N4O. The third kappa shape index (κ3) is 2.52. The maximum absolute atomic E-state index is 5.87. The van der Waals surface area contributed by atoms with Gasteiger partial charge in [0.25, 0.3) is 0 Å². The average molecular weight is 274 g/mol. The zero-order chi connectivity index (χ0) is 13.5. The van der Waals surface area contributed by atoms with Gasteiger partial charge in [-0.2, -0.15) is 0 Å². The Bertz CT molecular complexity index is 491. The van der Waals surface area contributed by atoms with Crippen LogP contribution in [0, 0.1) is 6.92 Å². The minimum absolute atomic E-state index is 0.383. The molecule has 1 aromatic heterocycles. The van der Waals surface area contributed by atoms with Gasteiger partial charge in [-0.25, -0.2) is 9.97 Å². The van der Waals surface area contributed by atoms with Gasteiger partial charge in [0, 0.05) is 43.1 Å². The summed E-state index contributed by atoms with van der Waals surface area (Å²) in [6.45, 7) is 4.86. The summed E-state index contributed by atoms with van der Waals surface area (Å²) < 4.78 is 5.87. The molecule has 20 heavy (non-hydrogen) atoms. The van der Waals surface area contributed by atoms with Gasteiger partial charge in [0.2, 0.25) is 5.95 Å². The lowest BCUT2D eigenvalue weighted by molar-refractivity contribution is 0.0299. The van der Waals surface area contributed by atoms with E-state index in [9.17, 15) is 0 Å². The van der Waals surface area contributed by atoms with Crippen molar-refractivity contribution in [2.24, 2.45) is 0 Å². The smallest absolute Gasteiger partial charge is 0.225 e. The first-order valence-electron chi connectivity index (χ1n) is 7.74. The summed E-state index contributed by atoms with van der Waals surface area (Å²) in [5, 5.41) is 3.52. The summed E-state index contributed by atoms with van der Waals surface area (Å²) in [6.07, 6.45) is 7.75. The van der Waals surface area contributed by atoms with E-state index in [0.29, 0.717) is 12.2 Å². The second-order valence-corrected chi connectivity index (χ2v) is 6.30. The second kappa shape index (κ2) is 4.97. The Labute approximate surface area is 119 Å². The van der Waals surface area contributed by atoms with E-state index in [1.807, 2.05) is 6.20 Å². The van der Waals surface area contributed by atoms with E-state index in [0.717, 1.165) is 37.3 Å². The fourth-order valence-corrected chi connectivity index (χ4v) is 3.13. The summed E-state index contributed by atoms with van der Waals surface area (Å²) in [5.74, 6) is 0.873. The first-order valence-corrected chi connectivity index (χ1v) is 7.74. The molecule has 4 rings (SSSR count). The number of ether oxygens (including phenoxy) is 1. The van der Waals surface area contributed by atoms with Gasteiger partial charge in [0.1, 0.15) is 0 Å². The molecule has 1 aromatic rings. The zero-order valence-electron chi connectivity index (χ0n) is 12.0. The van der Waals surface area contributed by atoms with Gasteiger partial charge in [-0.1, -0.05) is 0 Å². The van der Waals surface area contributed by atoms with Crippen molar-refractivity contribution in [1.82, 2.24) is 15.3 Å². The number of aryl methyl sites for hydroxylation is 1. The van der Waals surface area contributed by atoms with E-state index >= 15 is 0 Å². The number of aromatic nitrogens is 2. The molecule has 2 saturated heterocycles. The first kappa shape index (κ1) is 12.5. The van der Waals surface area contributed by atoms with E-state index in [1.165, 1.54) is 31.2 Å². The zero-order valence-corrected chi connectivity index (χ0v) is 12.0. The lowest BCUT2D eigenvalue weighted by atomic mass is 10.2. The molecule has 0 spiro atoms. The van der Waals surface area contributed by atoms with Crippen LogP contribution >= 0.6 is 0 Å². The number of morpholine rings is 1. The molecule has 5 heteroatoms. The molecule has 2 atom stereocenters. The van der Waals surface area contributed by atoms with E-state index in [2.05, 4.69) is 22.1 Å². The minimum atomic E-state index is 0.383. The highest BCUT2D eigenvalue weighted by Gasteiger charge is 2.34. The van der Waals surface area contributed by atoms with Crippen molar-refractivity contribution in [3.63, 3.8) is 0 Å². The van der Waals surface area contributed by atoms with Crippen molar-refractivity contribution in [3.8, 4) is 0 Å². The lowest BCUT2D eigenvalue weighted by Crippen LogP contribution is -2.43. The molecule has 108 valence electrons. The molecule has 3 aliphatic rings. The van der Waals surface area contributed by atoms with Crippen LogP contribution in [0.5, 0.6) is 0 Å². The number of nitrogens with zero attached hydrogens (tertiary/aromatic N) is 3. The SMILES string of the molecule is Cc1nc(N2CC3CCC(C2)O3)ncc1CNC1CC1. The van der Waals surface area contributed by atoms with E-state index in [4.69, 9.17) is 9.72 Å². The van der Waals surface area contributed by atoms with Crippen LogP contribution in [0.3, 0.4) is 0 Å². The highest BCUT2D eigenvalue weighted by molar-refractivity contribution is 5.34. The second-order valence-electron chi connectivity index (χ2n) is 6.30. The summed E-state index contributed by atoms with van der Waals surface area (Å²) in [4.78, 5) is 11.6. The quantitative estimate of drug-likeness (QED) is 0.899. The Kier molecular flexibility index (Phi) is 3.11. The van der Waals surface area contributed by atoms with Crippen LogP contribution < -0.4 is 10.2 Å². The maximum Gasteiger partial charge on any atom is 0.225 e. The fraction of sp³-hybridized carbons (Fsp3) is 0.733. The topological polar surface area (TPSA) is 50.3 Å². The van der Waals surface area contributed by atoms with Crippen LogP contribution in [0.2, 0.25) is 0 Å². The van der Waals surface area contributed by atoms with Gasteiger partial charge in [-0.3, -0.25) is 0 Å². The monoisotopic (exact) mass is 274 g/mol. The Morgan fingerprint density at radius 1 is 1.25 bits per heavy atom. The molecule has 3 fully saturated rings. The number of anilines is 1. The Morgan fingerprint density at radius 3 is 2.65 bits per heavy atom. The standard InChI is InChI=1S/C15H22N4O/c1-10-11(6-16-12-2-3-12)7-17-15(18-10)19-8-13-4-5-14(9-19)20-13/h7,12-14,16H,2-6,8-9H2,1H3. The number of hydrogen-bond acceptors (Lipinski definition) is 5. The number of fused-ring (bicyclic) bond motifs is 2. The van der Waals surface area contributed by atoms with Gasteiger partial charge in [0.05, 0.1) is 12.2 Å². The summed E-state index contributed by atoms with van der Waals surface area (Å²) in [7, 11) is 0. The van der Waals surface area contributed by atoms with Gasteiger partial charge in [0.15, 0.2) is 0 Å². The van der Waals surface area contributed by atoms with Crippen LogP contribution in [0.1, 0.15) is 36.9 Å². The van der Waals surface area contributed by atoms with E-state index in [1.54, 1.807) is 0 Å². The van der Waals surface area contributed by atoms with Crippen LogP contribution in [0.15, 0.2) is 6.20 Å². The Morgan fingerprint density at radius 2 is 2.00 bits per heavy atom. The summed E-state index contributed by atoms with van der Waals surface area (Å²) in [5.41, 5.74) is 2.32. The molecule has 0 radical (unpaired) electrons. The first-order chi connectivity index (χ1) is 9.78. The number of nitrogens with one attached hydrogen (secondary N) is 1. The van der Waals surface area contributed by atoms with Crippen molar-refractivity contribution in [2.45, 2.75) is 57.4 Å². The predicted molar refractivity (Wildman–Crippen MR) is 76.7 cm³/mol. The Balaban J connectivity index is 1.46. The van der Waals surface area contributed by atoms with Crippen molar-refractivity contribution in [2.75, 3.05) is 18.0 Å². The fourth-order valence-electron chi connectivity index (χ4n) is 3.13. The average Bonchev–Trinajstić information content (AvgIpc) is 3.22. The largest absolute Gasteiger partial charge is 0.371 e. The van der Waals surface area contributed by atoms with Gasteiger partial charge >= 0.3 is 0 Å². The van der Waals surface area contributed by atoms with Crippen LogP contribution in [-0.2, 0) is 11.3 Å². The van der Waals surface area contributed by atoms with Crippen LogP contribution in [-0.4, -0.2) is 41.3 Å². The molecular weight excluding hydrogens is 252 g/mol. The third-order valence-corrected chi connectivity index (χ3v) is 4.55. The van der Waals surface area contributed by atoms with Crippen LogP contribution in [0.25, 0.3) is 0 Å². The van der Waals surface area contributed by atoms with Crippen molar-refractivity contribution < 1.29 is 4.74 Å². The molecule has 1 aliphatic carbocycles. The minimum Gasteiger partial charge on any atom is -0.371 e. The van der Waals surface area contributed by atoms with Crippen LogP contribution in [0.4, 0.5) is 5.95 Å². The summed E-state index contributed by atoms with van der Waals surface area (Å²) in [6, 6.07) is 0.726. The highest BCUT2D eigenvalue weighted by Crippen LogP contribution is 2.28. The van der Waals surface area contributed by atoms with Gasteiger partial charge in [-0.15, -0.1) is 0 Å². The van der Waals surface area contributed by atoms with Gasteiger partial charge in [-0.05, 0) is 32.6 Å². The van der Waals surface area contributed by atoms with Crippen molar-refractivity contribution >= 4 is 5.95 Å². The lowest BCUT2D eigenvalue weighted by Gasteiger charge is -2.32. The maximum atomic E-state index is 5.87. The molecule has 1 saturated carbocycles. The summed E-state index contributed by atoms with van der Waals surface area (Å²) >= 11 is 0. The molecule has 1 N–H and O–H groups in total.